The lowest BCUT2D eigenvalue weighted by atomic mass is 10.0. The normalized spacial score (nSPS) is 19.6. The van der Waals surface area contributed by atoms with Crippen molar-refractivity contribution < 1.29 is 31.9 Å². The van der Waals surface area contributed by atoms with Crippen molar-refractivity contribution in [2.24, 2.45) is 0 Å². The molecule has 2 atom stereocenters. The topological polar surface area (TPSA) is 117 Å². The van der Waals surface area contributed by atoms with E-state index in [4.69, 9.17) is 9.47 Å². The molecule has 3 aliphatic heterocycles. The minimum atomic E-state index is -3.34. The molecule has 0 aromatic heterocycles. The number of nitrogens with zero attached hydrogens (tertiary/aromatic N) is 2. The van der Waals surface area contributed by atoms with Crippen molar-refractivity contribution >= 4 is 21.8 Å². The second kappa shape index (κ2) is 13.1. The van der Waals surface area contributed by atoms with Crippen LogP contribution in [-0.4, -0.2) is 87.7 Å². The maximum absolute atomic E-state index is 15.0. The Labute approximate surface area is 250 Å². The summed E-state index contributed by atoms with van der Waals surface area (Å²) >= 11 is 0. The van der Waals surface area contributed by atoms with Crippen molar-refractivity contribution in [3.63, 3.8) is 0 Å². The summed E-state index contributed by atoms with van der Waals surface area (Å²) in [5.41, 5.74) is 2.06. The largest absolute Gasteiger partial charge is 0.487 e. The number of sulfonamides is 1. The molecule has 2 N–H and O–H groups in total. The minimum Gasteiger partial charge on any atom is -0.487 e. The van der Waals surface area contributed by atoms with Gasteiger partial charge in [0.25, 0.3) is 11.8 Å². The number of rotatable bonds is 5. The molecule has 3 heterocycles. The highest BCUT2D eigenvalue weighted by molar-refractivity contribution is 7.89. The lowest BCUT2D eigenvalue weighted by Crippen LogP contribution is -2.45. The monoisotopic (exact) mass is 610 g/mol. The van der Waals surface area contributed by atoms with E-state index < -0.39 is 33.9 Å². The number of amides is 2. The van der Waals surface area contributed by atoms with E-state index in [9.17, 15) is 22.4 Å². The fourth-order valence-corrected chi connectivity index (χ4v) is 5.96. The van der Waals surface area contributed by atoms with Gasteiger partial charge in [0, 0.05) is 33.7 Å². The van der Waals surface area contributed by atoms with Crippen LogP contribution < -0.4 is 20.1 Å². The molecule has 1 fully saturated rings. The lowest BCUT2D eigenvalue weighted by molar-refractivity contribution is -0.123. The van der Waals surface area contributed by atoms with Crippen molar-refractivity contribution in [3.05, 3.63) is 83.7 Å². The second-order valence-corrected chi connectivity index (χ2v) is 13.2. The van der Waals surface area contributed by atoms with Crippen LogP contribution in [0.15, 0.2) is 66.7 Å². The Morgan fingerprint density at radius 2 is 1.74 bits per heavy atom. The molecule has 0 saturated carbocycles. The molecule has 0 aliphatic carbocycles. The van der Waals surface area contributed by atoms with Crippen molar-refractivity contribution in [2.75, 3.05) is 46.1 Å². The first-order chi connectivity index (χ1) is 20.6. The van der Waals surface area contributed by atoms with Gasteiger partial charge in [-0.25, -0.2) is 17.1 Å². The number of carbonyl (C=O) groups is 2. The maximum Gasteiger partial charge on any atom is 0.258 e. The van der Waals surface area contributed by atoms with Gasteiger partial charge >= 0.3 is 0 Å². The number of likely N-dealkylation sites (tertiary alicyclic amines) is 1. The smallest absolute Gasteiger partial charge is 0.258 e. The van der Waals surface area contributed by atoms with Crippen LogP contribution in [0.4, 0.5) is 4.39 Å². The maximum atomic E-state index is 15.0. The third-order valence-corrected chi connectivity index (χ3v) is 9.46. The SMILES string of the molecule is CN(C)S(=O)(=O)CCCN1C[C@@H]2NC(=O)c3cc(ccc3F)-c3cccc(c3)OCC(=O)NCc3ccc(cc3)O[C@H]2C1. The third kappa shape index (κ3) is 7.70. The van der Waals surface area contributed by atoms with Gasteiger partial charge in [-0.15, -0.1) is 0 Å². The van der Waals surface area contributed by atoms with Crippen LogP contribution in [0.25, 0.3) is 11.1 Å². The number of fused-ring (bicyclic) bond motifs is 7. The molecule has 6 rings (SSSR count). The van der Waals surface area contributed by atoms with Crippen molar-refractivity contribution in [2.45, 2.75) is 25.1 Å². The summed E-state index contributed by atoms with van der Waals surface area (Å²) in [6.07, 6.45) is -0.0565. The molecule has 10 nitrogen and oxygen atoms in total. The van der Waals surface area contributed by atoms with Crippen LogP contribution in [0.5, 0.6) is 11.5 Å². The van der Waals surface area contributed by atoms with E-state index in [1.54, 1.807) is 36.4 Å². The second-order valence-electron chi connectivity index (χ2n) is 10.9. The van der Waals surface area contributed by atoms with E-state index >= 15 is 0 Å². The van der Waals surface area contributed by atoms with E-state index in [1.165, 1.54) is 30.5 Å². The van der Waals surface area contributed by atoms with Crippen LogP contribution in [-0.2, 0) is 21.4 Å². The first-order valence-corrected chi connectivity index (χ1v) is 15.7. The van der Waals surface area contributed by atoms with Gasteiger partial charge in [0.1, 0.15) is 23.4 Å². The molecule has 228 valence electrons. The van der Waals surface area contributed by atoms with Gasteiger partial charge in [0.15, 0.2) is 6.61 Å². The standard InChI is InChI=1S/C31H35FN4O6S/c1-35(2)43(39,40)14-4-13-36-18-28-29(19-36)42-24-10-7-21(8-11-24)17-33-30(37)20-41-25-6-3-5-22(15-25)23-9-12-27(32)26(16-23)31(38)34-28/h3,5-12,15-16,28-29H,4,13-14,17-20H2,1-2H3,(H,33,37)(H,34,38)/t28-,29-/m0/s1. The number of hydrogen-bond donors (Lipinski definition) is 2. The zero-order valence-corrected chi connectivity index (χ0v) is 24.9. The molecule has 12 heteroatoms. The summed E-state index contributed by atoms with van der Waals surface area (Å²) in [5.74, 6) is -0.491. The summed E-state index contributed by atoms with van der Waals surface area (Å²) < 4.78 is 52.6. The highest BCUT2D eigenvalue weighted by atomic mass is 32.2. The van der Waals surface area contributed by atoms with Crippen LogP contribution in [0.2, 0.25) is 0 Å². The summed E-state index contributed by atoms with van der Waals surface area (Å²) in [7, 11) is -0.324. The molecule has 0 spiro atoms. The van der Waals surface area contributed by atoms with Gasteiger partial charge in [-0.05, 0) is 66.1 Å². The van der Waals surface area contributed by atoms with Gasteiger partial charge in [0.05, 0.1) is 17.4 Å². The average molecular weight is 611 g/mol. The Bertz CT molecular complexity index is 1580. The summed E-state index contributed by atoms with van der Waals surface area (Å²) in [6, 6.07) is 18.1. The highest BCUT2D eigenvalue weighted by Crippen LogP contribution is 2.27. The van der Waals surface area contributed by atoms with Gasteiger partial charge in [-0.3, -0.25) is 14.5 Å². The van der Waals surface area contributed by atoms with Crippen molar-refractivity contribution in [1.29, 1.82) is 0 Å². The van der Waals surface area contributed by atoms with Crippen molar-refractivity contribution in [3.8, 4) is 22.6 Å². The Balaban J connectivity index is 1.41. The Morgan fingerprint density at radius 1 is 0.977 bits per heavy atom. The molecule has 1 saturated heterocycles. The van der Waals surface area contributed by atoms with Gasteiger partial charge in [0.2, 0.25) is 10.0 Å². The van der Waals surface area contributed by atoms with Gasteiger partial charge < -0.3 is 20.1 Å². The highest BCUT2D eigenvalue weighted by Gasteiger charge is 2.36. The van der Waals surface area contributed by atoms with Crippen LogP contribution in [0.3, 0.4) is 0 Å². The molecule has 3 aromatic rings. The number of ether oxygens (including phenoxy) is 2. The van der Waals surface area contributed by atoms with E-state index in [-0.39, 0.29) is 23.8 Å². The molecular weight excluding hydrogens is 575 g/mol. The van der Waals surface area contributed by atoms with Crippen LogP contribution in [0.1, 0.15) is 22.3 Å². The average Bonchev–Trinajstić information content (AvgIpc) is 3.35. The summed E-state index contributed by atoms with van der Waals surface area (Å²) in [6.45, 7) is 1.47. The van der Waals surface area contributed by atoms with E-state index in [2.05, 4.69) is 10.6 Å². The molecular formula is C31H35FN4O6S. The molecule has 43 heavy (non-hydrogen) atoms. The zero-order chi connectivity index (χ0) is 30.6. The first kappa shape index (κ1) is 30.5. The molecule has 6 bridgehead atoms. The molecule has 3 aromatic carbocycles. The fraction of sp³-hybridized carbons (Fsp3) is 0.355. The molecule has 3 aliphatic rings. The number of nitrogens with one attached hydrogen (secondary N) is 2. The predicted octanol–water partition coefficient (Wildman–Crippen LogP) is 2.64. The predicted molar refractivity (Wildman–Crippen MR) is 160 cm³/mol. The third-order valence-electron chi connectivity index (χ3n) is 7.54. The molecule has 0 radical (unpaired) electrons. The Hall–Kier alpha value is -4.00. The van der Waals surface area contributed by atoms with E-state index in [0.29, 0.717) is 55.2 Å². The van der Waals surface area contributed by atoms with E-state index in [0.717, 1.165) is 5.56 Å². The van der Waals surface area contributed by atoms with Gasteiger partial charge in [-0.2, -0.15) is 0 Å². The molecule has 0 unspecified atom stereocenters. The fourth-order valence-electron chi connectivity index (χ4n) is 5.10. The Morgan fingerprint density at radius 3 is 2.51 bits per heavy atom. The van der Waals surface area contributed by atoms with E-state index in [1.807, 2.05) is 23.1 Å². The lowest BCUT2D eigenvalue weighted by Gasteiger charge is -2.22. The number of benzene rings is 3. The van der Waals surface area contributed by atoms with Crippen LogP contribution >= 0.6 is 0 Å². The number of hydrogen-bond acceptors (Lipinski definition) is 7. The van der Waals surface area contributed by atoms with Crippen molar-refractivity contribution in [1.82, 2.24) is 19.8 Å². The first-order valence-electron chi connectivity index (χ1n) is 14.1. The molecule has 2 amide bonds. The summed E-state index contributed by atoms with van der Waals surface area (Å²) in [5, 5.41) is 5.80. The number of carbonyl (C=O) groups excluding carboxylic acids is 2. The quantitative estimate of drug-likeness (QED) is 0.456. The minimum absolute atomic E-state index is 0.00128. The zero-order valence-electron chi connectivity index (χ0n) is 24.1. The Kier molecular flexibility index (Phi) is 9.28. The summed E-state index contributed by atoms with van der Waals surface area (Å²) in [4.78, 5) is 27.9. The van der Waals surface area contributed by atoms with Gasteiger partial charge in [-0.1, -0.05) is 30.3 Å². The number of halogens is 1. The van der Waals surface area contributed by atoms with Crippen LogP contribution in [0, 0.1) is 5.82 Å².